The second-order valence-electron chi connectivity index (χ2n) is 2.13. The van der Waals surface area contributed by atoms with E-state index < -0.39 is 11.1 Å². The molecule has 10 heavy (non-hydrogen) atoms. The largest absolute Gasteiger partial charge is 0.772 e. The van der Waals surface area contributed by atoms with Gasteiger partial charge >= 0.3 is 0 Å². The Bertz CT molecular complexity index is 118. The summed E-state index contributed by atoms with van der Waals surface area (Å²) in [6.45, 7) is 3.71. The predicted molar refractivity (Wildman–Crippen MR) is 42.9 cm³/mol. The van der Waals surface area contributed by atoms with Crippen molar-refractivity contribution in [3.8, 4) is 0 Å². The molecule has 0 N–H and O–H groups in total. The van der Waals surface area contributed by atoms with Gasteiger partial charge in [0.05, 0.1) is 0 Å². The monoisotopic (exact) mass is 183 g/mol. The quantitative estimate of drug-likeness (QED) is 0.491. The van der Waals surface area contributed by atoms with Crippen molar-refractivity contribution in [2.24, 2.45) is 0 Å². The standard InChI is InChI=1S/C6H13ClO2S/c1-3-5(7)6(4-2)10(8)9/h5-6H,3-4H2,1-2H3,(H,8,9)/p-1. The first kappa shape index (κ1) is 10.4. The molecule has 0 amide bonds. The highest BCUT2D eigenvalue weighted by molar-refractivity contribution is 7.79. The van der Waals surface area contributed by atoms with E-state index in [1.165, 1.54) is 0 Å². The van der Waals surface area contributed by atoms with Crippen LogP contribution in [0.3, 0.4) is 0 Å². The van der Waals surface area contributed by atoms with Crippen LogP contribution in [0.2, 0.25) is 0 Å². The van der Waals surface area contributed by atoms with Gasteiger partial charge in [-0.05, 0) is 12.8 Å². The molecule has 0 aliphatic heterocycles. The Labute approximate surface area is 69.2 Å². The third-order valence-electron chi connectivity index (χ3n) is 1.44. The van der Waals surface area contributed by atoms with Gasteiger partial charge in [-0.25, -0.2) is 0 Å². The van der Waals surface area contributed by atoms with Crippen LogP contribution < -0.4 is 0 Å². The van der Waals surface area contributed by atoms with Gasteiger partial charge < -0.3 is 4.55 Å². The Morgan fingerprint density at radius 2 is 2.00 bits per heavy atom. The van der Waals surface area contributed by atoms with Gasteiger partial charge in [-0.1, -0.05) is 24.9 Å². The zero-order valence-electron chi connectivity index (χ0n) is 6.17. The predicted octanol–water partition coefficient (Wildman–Crippen LogP) is 1.66. The lowest BCUT2D eigenvalue weighted by Gasteiger charge is -2.21. The van der Waals surface area contributed by atoms with E-state index in [-0.39, 0.29) is 10.6 Å². The Kier molecular flexibility index (Phi) is 5.31. The lowest BCUT2D eigenvalue weighted by molar-refractivity contribution is 0.512. The molecule has 0 radical (unpaired) electrons. The fraction of sp³-hybridized carbons (Fsp3) is 1.00. The summed E-state index contributed by atoms with van der Waals surface area (Å²) in [5, 5.41) is -0.616. The van der Waals surface area contributed by atoms with E-state index in [9.17, 15) is 8.76 Å². The molecule has 62 valence electrons. The van der Waals surface area contributed by atoms with Gasteiger partial charge in [0, 0.05) is 10.6 Å². The average molecular weight is 184 g/mol. The molecule has 0 fully saturated rings. The molecule has 0 rings (SSSR count). The highest BCUT2D eigenvalue weighted by Gasteiger charge is 2.15. The van der Waals surface area contributed by atoms with Crippen LogP contribution in [0.25, 0.3) is 0 Å². The molecule has 0 aromatic carbocycles. The van der Waals surface area contributed by atoms with Crippen molar-refractivity contribution in [2.45, 2.75) is 37.3 Å². The third kappa shape index (κ3) is 2.99. The van der Waals surface area contributed by atoms with Crippen LogP contribution >= 0.6 is 11.6 Å². The van der Waals surface area contributed by atoms with E-state index in [0.29, 0.717) is 12.8 Å². The van der Waals surface area contributed by atoms with Crippen LogP contribution in [-0.2, 0) is 11.1 Å². The molecule has 0 aromatic heterocycles. The molecule has 0 saturated heterocycles. The highest BCUT2D eigenvalue weighted by atomic mass is 35.5. The van der Waals surface area contributed by atoms with Gasteiger partial charge in [0.1, 0.15) is 0 Å². The molecule has 0 saturated carbocycles. The van der Waals surface area contributed by atoms with Crippen molar-refractivity contribution >= 4 is 22.7 Å². The summed E-state index contributed by atoms with van der Waals surface area (Å²) in [6, 6.07) is 0. The Hall–Kier alpha value is 0.400. The minimum atomic E-state index is -2.02. The minimum absolute atomic E-state index is 0.233. The fourth-order valence-corrected chi connectivity index (χ4v) is 1.91. The van der Waals surface area contributed by atoms with Gasteiger partial charge in [0.2, 0.25) is 0 Å². The lowest BCUT2D eigenvalue weighted by Crippen LogP contribution is -2.24. The minimum Gasteiger partial charge on any atom is -0.772 e. The first-order valence-corrected chi connectivity index (χ1v) is 4.93. The van der Waals surface area contributed by atoms with Crippen LogP contribution in [0, 0.1) is 0 Å². The molecule has 3 unspecified atom stereocenters. The zero-order chi connectivity index (χ0) is 8.15. The molecule has 0 bridgehead atoms. The molecule has 3 atom stereocenters. The topological polar surface area (TPSA) is 40.1 Å². The van der Waals surface area contributed by atoms with Gasteiger partial charge in [-0.3, -0.25) is 4.21 Å². The second-order valence-corrected chi connectivity index (χ2v) is 3.82. The van der Waals surface area contributed by atoms with E-state index in [1.54, 1.807) is 0 Å². The van der Waals surface area contributed by atoms with Crippen LogP contribution in [0.1, 0.15) is 26.7 Å². The summed E-state index contributed by atoms with van der Waals surface area (Å²) < 4.78 is 20.9. The molecule has 0 aliphatic carbocycles. The smallest absolute Gasteiger partial charge is 0.0465 e. The summed E-state index contributed by atoms with van der Waals surface area (Å²) in [6.07, 6.45) is 1.30. The van der Waals surface area contributed by atoms with Crippen LogP contribution in [-0.4, -0.2) is 19.4 Å². The molecular weight excluding hydrogens is 172 g/mol. The van der Waals surface area contributed by atoms with Crippen molar-refractivity contribution in [3.05, 3.63) is 0 Å². The highest BCUT2D eigenvalue weighted by Crippen LogP contribution is 2.14. The second kappa shape index (κ2) is 5.10. The maximum atomic E-state index is 10.4. The van der Waals surface area contributed by atoms with Crippen molar-refractivity contribution in [3.63, 3.8) is 0 Å². The molecule has 2 nitrogen and oxygen atoms in total. The summed E-state index contributed by atoms with van der Waals surface area (Å²) >= 11 is 3.72. The summed E-state index contributed by atoms with van der Waals surface area (Å²) in [7, 11) is 0. The van der Waals surface area contributed by atoms with Crippen molar-refractivity contribution in [1.29, 1.82) is 0 Å². The van der Waals surface area contributed by atoms with Crippen LogP contribution in [0.5, 0.6) is 0 Å². The molecule has 0 heterocycles. The number of alkyl halides is 1. The van der Waals surface area contributed by atoms with Crippen molar-refractivity contribution < 1.29 is 8.76 Å². The van der Waals surface area contributed by atoms with E-state index in [4.69, 9.17) is 11.6 Å². The third-order valence-corrected chi connectivity index (χ3v) is 3.36. The summed E-state index contributed by atoms with van der Waals surface area (Å²) in [5.41, 5.74) is 0. The van der Waals surface area contributed by atoms with E-state index in [1.807, 2.05) is 13.8 Å². The summed E-state index contributed by atoms with van der Waals surface area (Å²) in [4.78, 5) is 0. The normalized spacial score (nSPS) is 20.0. The van der Waals surface area contributed by atoms with Crippen molar-refractivity contribution in [2.75, 3.05) is 0 Å². The number of halogens is 1. The Morgan fingerprint density at radius 3 is 2.10 bits per heavy atom. The van der Waals surface area contributed by atoms with Gasteiger partial charge in [-0.15, -0.1) is 11.6 Å². The van der Waals surface area contributed by atoms with E-state index >= 15 is 0 Å². The van der Waals surface area contributed by atoms with Gasteiger partial charge in [0.25, 0.3) is 0 Å². The first-order valence-electron chi connectivity index (χ1n) is 3.35. The average Bonchev–Trinajstić information content (AvgIpc) is 1.88. The van der Waals surface area contributed by atoms with E-state index in [2.05, 4.69) is 0 Å². The number of rotatable bonds is 4. The molecular formula is C6H12ClO2S-. The molecule has 0 spiro atoms. The van der Waals surface area contributed by atoms with Crippen LogP contribution in [0.4, 0.5) is 0 Å². The summed E-state index contributed by atoms with van der Waals surface area (Å²) in [5.74, 6) is 0. The van der Waals surface area contributed by atoms with E-state index in [0.717, 1.165) is 0 Å². The SMILES string of the molecule is CCC(Cl)C(CC)S(=O)[O-]. The van der Waals surface area contributed by atoms with Crippen LogP contribution in [0.15, 0.2) is 0 Å². The molecule has 0 aromatic rings. The molecule has 4 heteroatoms. The lowest BCUT2D eigenvalue weighted by atomic mass is 10.2. The molecule has 0 aliphatic rings. The number of hydrogen-bond acceptors (Lipinski definition) is 2. The zero-order valence-corrected chi connectivity index (χ0v) is 7.74. The van der Waals surface area contributed by atoms with Crippen molar-refractivity contribution in [1.82, 2.24) is 0 Å². The fourth-order valence-electron chi connectivity index (χ4n) is 0.775. The first-order chi connectivity index (χ1) is 4.63. The Balaban J connectivity index is 3.92. The van der Waals surface area contributed by atoms with Gasteiger partial charge in [-0.2, -0.15) is 0 Å². The Morgan fingerprint density at radius 1 is 1.50 bits per heavy atom. The van der Waals surface area contributed by atoms with Gasteiger partial charge in [0.15, 0.2) is 0 Å². The number of hydrogen-bond donors (Lipinski definition) is 0. The maximum Gasteiger partial charge on any atom is 0.0465 e. The maximum absolute atomic E-state index is 10.4.